The molecule has 0 aromatic heterocycles. The summed E-state index contributed by atoms with van der Waals surface area (Å²) < 4.78 is 0. The molecule has 2 nitrogen and oxygen atoms in total. The molecule has 90 valence electrons. The van der Waals surface area contributed by atoms with Crippen LogP contribution < -0.4 is 5.32 Å². The fraction of sp³-hybridized carbons (Fsp3) is 1.00. The van der Waals surface area contributed by atoms with Crippen LogP contribution in [0.15, 0.2) is 0 Å². The number of hydrogen-bond donors (Lipinski definition) is 1. The average molecular weight is 212 g/mol. The standard InChI is InChI=1S/C13H28N2/c1-4-6-13(7-5-2)15-10-8-12(14-3)9-11-15/h12-14H,4-11H2,1-3H3. The van der Waals surface area contributed by atoms with E-state index < -0.39 is 0 Å². The lowest BCUT2D eigenvalue weighted by Crippen LogP contribution is -2.45. The van der Waals surface area contributed by atoms with Crippen molar-refractivity contribution in [3.8, 4) is 0 Å². The van der Waals surface area contributed by atoms with E-state index in [9.17, 15) is 0 Å². The number of nitrogens with zero attached hydrogens (tertiary/aromatic N) is 1. The van der Waals surface area contributed by atoms with E-state index in [0.717, 1.165) is 12.1 Å². The van der Waals surface area contributed by atoms with Crippen molar-refractivity contribution in [2.75, 3.05) is 20.1 Å². The normalized spacial score (nSPS) is 20.0. The predicted octanol–water partition coefficient (Wildman–Crippen LogP) is 2.64. The largest absolute Gasteiger partial charge is 0.317 e. The summed E-state index contributed by atoms with van der Waals surface area (Å²) in [4.78, 5) is 2.72. The maximum atomic E-state index is 3.40. The third kappa shape index (κ3) is 4.12. The van der Waals surface area contributed by atoms with E-state index in [2.05, 4.69) is 31.1 Å². The van der Waals surface area contributed by atoms with Gasteiger partial charge in [-0.2, -0.15) is 0 Å². The summed E-state index contributed by atoms with van der Waals surface area (Å²) in [5.41, 5.74) is 0. The van der Waals surface area contributed by atoms with Gasteiger partial charge in [0.25, 0.3) is 0 Å². The van der Waals surface area contributed by atoms with Gasteiger partial charge in [-0.15, -0.1) is 0 Å². The number of hydrogen-bond acceptors (Lipinski definition) is 2. The molecule has 0 atom stereocenters. The highest BCUT2D eigenvalue weighted by Crippen LogP contribution is 2.19. The molecule has 1 saturated heterocycles. The fourth-order valence-corrected chi connectivity index (χ4v) is 2.73. The van der Waals surface area contributed by atoms with E-state index in [1.807, 2.05) is 0 Å². The third-order valence-electron chi connectivity index (χ3n) is 3.70. The summed E-state index contributed by atoms with van der Waals surface area (Å²) in [6.45, 7) is 7.22. The summed E-state index contributed by atoms with van der Waals surface area (Å²) in [6.07, 6.45) is 8.10. The lowest BCUT2D eigenvalue weighted by Gasteiger charge is -2.37. The molecule has 0 saturated carbocycles. The van der Waals surface area contributed by atoms with Gasteiger partial charge in [-0.3, -0.25) is 0 Å². The molecule has 0 aromatic carbocycles. The van der Waals surface area contributed by atoms with E-state index >= 15 is 0 Å². The van der Waals surface area contributed by atoms with Crippen LogP contribution in [0.3, 0.4) is 0 Å². The average Bonchev–Trinajstić information content (AvgIpc) is 2.29. The predicted molar refractivity (Wildman–Crippen MR) is 67.3 cm³/mol. The first-order valence-electron chi connectivity index (χ1n) is 6.73. The SMILES string of the molecule is CCCC(CCC)N1CCC(NC)CC1. The minimum absolute atomic E-state index is 0.769. The molecule has 2 heteroatoms. The topological polar surface area (TPSA) is 15.3 Å². The van der Waals surface area contributed by atoms with Gasteiger partial charge in [-0.25, -0.2) is 0 Å². The summed E-state index contributed by atoms with van der Waals surface area (Å²) in [5.74, 6) is 0. The van der Waals surface area contributed by atoms with Gasteiger partial charge >= 0.3 is 0 Å². The van der Waals surface area contributed by atoms with Gasteiger partial charge in [0.05, 0.1) is 0 Å². The number of likely N-dealkylation sites (tertiary alicyclic amines) is 1. The summed E-state index contributed by atoms with van der Waals surface area (Å²) in [5, 5.41) is 3.40. The molecular formula is C13H28N2. The minimum Gasteiger partial charge on any atom is -0.317 e. The Morgan fingerprint density at radius 3 is 2.07 bits per heavy atom. The van der Waals surface area contributed by atoms with E-state index in [4.69, 9.17) is 0 Å². The van der Waals surface area contributed by atoms with Crippen molar-refractivity contribution < 1.29 is 0 Å². The lowest BCUT2D eigenvalue weighted by atomic mass is 9.99. The van der Waals surface area contributed by atoms with Crippen LogP contribution in [0, 0.1) is 0 Å². The van der Waals surface area contributed by atoms with Gasteiger partial charge in [0.15, 0.2) is 0 Å². The molecule has 0 bridgehead atoms. The highest BCUT2D eigenvalue weighted by Gasteiger charge is 2.22. The fourth-order valence-electron chi connectivity index (χ4n) is 2.73. The highest BCUT2D eigenvalue weighted by molar-refractivity contribution is 4.80. The Hall–Kier alpha value is -0.0800. The van der Waals surface area contributed by atoms with Gasteiger partial charge in [0.2, 0.25) is 0 Å². The Bertz CT molecular complexity index is 145. The zero-order chi connectivity index (χ0) is 11.1. The Labute approximate surface area is 95.4 Å². The third-order valence-corrected chi connectivity index (χ3v) is 3.70. The summed E-state index contributed by atoms with van der Waals surface area (Å²) >= 11 is 0. The van der Waals surface area contributed by atoms with Crippen LogP contribution in [0.4, 0.5) is 0 Å². The molecule has 0 unspecified atom stereocenters. The van der Waals surface area contributed by atoms with E-state index in [0.29, 0.717) is 0 Å². The maximum absolute atomic E-state index is 3.40. The zero-order valence-corrected chi connectivity index (χ0v) is 10.8. The van der Waals surface area contributed by atoms with Crippen LogP contribution in [0.2, 0.25) is 0 Å². The number of rotatable bonds is 6. The van der Waals surface area contributed by atoms with Crippen molar-refractivity contribution in [1.82, 2.24) is 10.2 Å². The smallest absolute Gasteiger partial charge is 0.00950 e. The molecule has 1 N–H and O–H groups in total. The van der Waals surface area contributed by atoms with Crippen LogP contribution in [-0.4, -0.2) is 37.1 Å². The first kappa shape index (κ1) is 13.0. The minimum atomic E-state index is 0.769. The molecule has 1 rings (SSSR count). The molecule has 0 aliphatic carbocycles. The molecular weight excluding hydrogens is 184 g/mol. The Morgan fingerprint density at radius 2 is 1.67 bits per heavy atom. The number of nitrogens with one attached hydrogen (secondary N) is 1. The monoisotopic (exact) mass is 212 g/mol. The van der Waals surface area contributed by atoms with Crippen molar-refractivity contribution in [3.05, 3.63) is 0 Å². The van der Waals surface area contributed by atoms with Crippen molar-refractivity contribution >= 4 is 0 Å². The van der Waals surface area contributed by atoms with E-state index in [1.54, 1.807) is 0 Å². The second-order valence-corrected chi connectivity index (χ2v) is 4.83. The molecule has 1 aliphatic rings. The van der Waals surface area contributed by atoms with Gasteiger partial charge in [-0.05, 0) is 45.8 Å². The van der Waals surface area contributed by atoms with Crippen LogP contribution in [-0.2, 0) is 0 Å². The van der Waals surface area contributed by atoms with E-state index in [-0.39, 0.29) is 0 Å². The quantitative estimate of drug-likeness (QED) is 0.728. The molecule has 0 aromatic rings. The first-order valence-corrected chi connectivity index (χ1v) is 6.73. The Kier molecular flexibility index (Phi) is 6.26. The van der Waals surface area contributed by atoms with Crippen LogP contribution in [0.5, 0.6) is 0 Å². The molecule has 1 fully saturated rings. The molecule has 0 spiro atoms. The highest BCUT2D eigenvalue weighted by atomic mass is 15.2. The molecule has 15 heavy (non-hydrogen) atoms. The number of piperidine rings is 1. The lowest BCUT2D eigenvalue weighted by molar-refractivity contribution is 0.131. The summed E-state index contributed by atoms with van der Waals surface area (Å²) in [6, 6.07) is 1.63. The molecule has 1 aliphatic heterocycles. The van der Waals surface area contributed by atoms with Crippen LogP contribution in [0.1, 0.15) is 52.4 Å². The van der Waals surface area contributed by atoms with Gasteiger partial charge in [0, 0.05) is 12.1 Å². The van der Waals surface area contributed by atoms with Crippen LogP contribution >= 0.6 is 0 Å². The summed E-state index contributed by atoms with van der Waals surface area (Å²) in [7, 11) is 2.09. The maximum Gasteiger partial charge on any atom is 0.00950 e. The second-order valence-electron chi connectivity index (χ2n) is 4.83. The van der Waals surface area contributed by atoms with Crippen molar-refractivity contribution in [2.24, 2.45) is 0 Å². The molecule has 1 heterocycles. The van der Waals surface area contributed by atoms with Gasteiger partial charge in [0.1, 0.15) is 0 Å². The van der Waals surface area contributed by atoms with Crippen molar-refractivity contribution in [3.63, 3.8) is 0 Å². The van der Waals surface area contributed by atoms with Crippen molar-refractivity contribution in [2.45, 2.75) is 64.5 Å². The van der Waals surface area contributed by atoms with Crippen molar-refractivity contribution in [1.29, 1.82) is 0 Å². The Balaban J connectivity index is 2.34. The van der Waals surface area contributed by atoms with Gasteiger partial charge in [-0.1, -0.05) is 26.7 Å². The van der Waals surface area contributed by atoms with E-state index in [1.165, 1.54) is 51.6 Å². The zero-order valence-electron chi connectivity index (χ0n) is 10.8. The second kappa shape index (κ2) is 7.24. The van der Waals surface area contributed by atoms with Crippen LogP contribution in [0.25, 0.3) is 0 Å². The molecule has 0 radical (unpaired) electrons. The molecule has 0 amide bonds. The Morgan fingerprint density at radius 1 is 1.13 bits per heavy atom. The van der Waals surface area contributed by atoms with Gasteiger partial charge < -0.3 is 10.2 Å². The first-order chi connectivity index (χ1) is 7.31.